The average molecular weight is 779 g/mol. The quantitative estimate of drug-likeness (QED) is 0.176. The highest BCUT2D eigenvalue weighted by atomic mass is 15.1. The van der Waals surface area contributed by atoms with E-state index in [0.29, 0.717) is 0 Å². The Bertz CT molecular complexity index is 2760. The van der Waals surface area contributed by atoms with Crippen molar-refractivity contribution in [2.75, 3.05) is 9.80 Å². The molecule has 2 nitrogen and oxygen atoms in total. The lowest BCUT2D eigenvalue weighted by atomic mass is 9.82. The summed E-state index contributed by atoms with van der Waals surface area (Å²) in [6, 6.07) is 36.8. The predicted molar refractivity (Wildman–Crippen MR) is 256 cm³/mol. The molecule has 2 heterocycles. The second-order valence-electron chi connectivity index (χ2n) is 18.6. The SMILES string of the molecule is Cc1cc(C)c(N2C=CC(=C3C=CN(c4c(C)cc(C)c(-c5ccc6c(c5)-c5ccccc5C6(C)C)c4C)C=C3)C=C2)c(C)c1-c1ccc2c(c1)-c1ccccc1C2(C)C. The van der Waals surface area contributed by atoms with Gasteiger partial charge in [-0.15, -0.1) is 0 Å². The number of nitrogens with zero attached hydrogens (tertiary/aromatic N) is 2. The Hall–Kier alpha value is -6.38. The Labute approximate surface area is 357 Å². The van der Waals surface area contributed by atoms with Crippen molar-refractivity contribution < 1.29 is 0 Å². The minimum atomic E-state index is 0.000578. The first-order valence-electron chi connectivity index (χ1n) is 21.5. The van der Waals surface area contributed by atoms with E-state index in [1.54, 1.807) is 0 Å². The molecule has 2 aliphatic heterocycles. The second kappa shape index (κ2) is 13.6. The molecule has 4 aliphatic rings. The van der Waals surface area contributed by atoms with Crippen LogP contribution in [0.2, 0.25) is 0 Å². The summed E-state index contributed by atoms with van der Waals surface area (Å²) in [5.41, 5.74) is 28.9. The van der Waals surface area contributed by atoms with E-state index < -0.39 is 0 Å². The van der Waals surface area contributed by atoms with Gasteiger partial charge in [0.05, 0.1) is 11.4 Å². The molecule has 10 rings (SSSR count). The van der Waals surface area contributed by atoms with Crippen molar-refractivity contribution in [1.29, 1.82) is 0 Å². The van der Waals surface area contributed by atoms with Crippen molar-refractivity contribution in [2.24, 2.45) is 0 Å². The van der Waals surface area contributed by atoms with Crippen molar-refractivity contribution in [3.63, 3.8) is 0 Å². The smallest absolute Gasteiger partial charge is 0.0514 e. The first-order chi connectivity index (χ1) is 28.8. The Balaban J connectivity index is 0.930. The van der Waals surface area contributed by atoms with Crippen LogP contribution in [0.5, 0.6) is 0 Å². The molecule has 6 aromatic rings. The van der Waals surface area contributed by atoms with Gasteiger partial charge in [0.25, 0.3) is 0 Å². The van der Waals surface area contributed by atoms with Gasteiger partial charge >= 0.3 is 0 Å². The van der Waals surface area contributed by atoms with Gasteiger partial charge in [-0.1, -0.05) is 113 Å². The van der Waals surface area contributed by atoms with E-state index in [-0.39, 0.29) is 10.8 Å². The number of allylic oxidation sites excluding steroid dienone is 6. The van der Waals surface area contributed by atoms with Crippen molar-refractivity contribution in [3.8, 4) is 44.5 Å². The normalized spacial score (nSPS) is 16.4. The van der Waals surface area contributed by atoms with Gasteiger partial charge in [0.1, 0.15) is 0 Å². The molecule has 296 valence electrons. The fourth-order valence-corrected chi connectivity index (χ4v) is 11.3. The molecule has 0 N–H and O–H groups in total. The Morgan fingerprint density at radius 3 is 1.10 bits per heavy atom. The zero-order chi connectivity index (χ0) is 41.8. The molecule has 0 saturated carbocycles. The Morgan fingerprint density at radius 2 is 0.717 bits per heavy atom. The van der Waals surface area contributed by atoms with Gasteiger partial charge in [-0.05, 0) is 189 Å². The van der Waals surface area contributed by atoms with Gasteiger partial charge in [0.2, 0.25) is 0 Å². The topological polar surface area (TPSA) is 6.48 Å². The van der Waals surface area contributed by atoms with E-state index in [2.05, 4.69) is 225 Å². The molecular formula is C58H54N2. The molecule has 2 aliphatic carbocycles. The molecule has 0 amide bonds. The molecule has 60 heavy (non-hydrogen) atoms. The lowest BCUT2D eigenvalue weighted by Gasteiger charge is -2.28. The zero-order valence-electron chi connectivity index (χ0n) is 36.8. The number of anilines is 2. The molecule has 0 bridgehead atoms. The van der Waals surface area contributed by atoms with Crippen LogP contribution < -0.4 is 9.80 Å². The van der Waals surface area contributed by atoms with E-state index in [9.17, 15) is 0 Å². The van der Waals surface area contributed by atoms with Crippen LogP contribution in [-0.2, 0) is 10.8 Å². The van der Waals surface area contributed by atoms with Gasteiger partial charge in [-0.2, -0.15) is 0 Å². The number of rotatable bonds is 4. The molecule has 0 radical (unpaired) electrons. The summed E-state index contributed by atoms with van der Waals surface area (Å²) in [5, 5.41) is 0. The average Bonchev–Trinajstić information content (AvgIpc) is 3.60. The van der Waals surface area contributed by atoms with Crippen molar-refractivity contribution >= 4 is 11.4 Å². The third-order valence-corrected chi connectivity index (χ3v) is 14.1. The molecule has 0 atom stereocenters. The standard InChI is InChI=1S/C58H54N2/c1-35-31-37(3)55(39(5)53(35)43-19-21-51-47(33-43)45-15-11-13-17-49(45)57(51,7)8)59-27-23-41(24-28-59)42-25-29-60(30-26-42)56-38(4)32-36(2)54(40(56)6)44-20-22-52-48(34-44)46-16-12-14-18-50(46)58(52,9)10/h11-34H,1-10H3. The summed E-state index contributed by atoms with van der Waals surface area (Å²) in [7, 11) is 0. The minimum absolute atomic E-state index is 0.000578. The molecular weight excluding hydrogens is 725 g/mol. The van der Waals surface area contributed by atoms with Gasteiger partial charge < -0.3 is 9.80 Å². The van der Waals surface area contributed by atoms with Crippen molar-refractivity contribution in [3.05, 3.63) is 213 Å². The van der Waals surface area contributed by atoms with Crippen LogP contribution in [0, 0.1) is 41.5 Å². The molecule has 2 heteroatoms. The first kappa shape index (κ1) is 37.9. The summed E-state index contributed by atoms with van der Waals surface area (Å²) < 4.78 is 0. The number of aryl methyl sites for hydroxylation is 4. The van der Waals surface area contributed by atoms with E-state index >= 15 is 0 Å². The number of hydrogen-bond acceptors (Lipinski definition) is 2. The minimum Gasteiger partial charge on any atom is -0.323 e. The number of fused-ring (bicyclic) bond motifs is 6. The zero-order valence-corrected chi connectivity index (χ0v) is 36.8. The summed E-state index contributed by atoms with van der Waals surface area (Å²) in [5.74, 6) is 0. The number of benzene rings is 6. The summed E-state index contributed by atoms with van der Waals surface area (Å²) in [6.45, 7) is 23.0. The van der Waals surface area contributed by atoms with Crippen LogP contribution >= 0.6 is 0 Å². The van der Waals surface area contributed by atoms with Gasteiger partial charge in [-0.3, -0.25) is 0 Å². The van der Waals surface area contributed by atoms with E-state index in [1.165, 1.54) is 123 Å². The summed E-state index contributed by atoms with van der Waals surface area (Å²) >= 11 is 0. The highest BCUT2D eigenvalue weighted by Gasteiger charge is 2.37. The van der Waals surface area contributed by atoms with Gasteiger partial charge in [-0.25, -0.2) is 0 Å². The third-order valence-electron chi connectivity index (χ3n) is 14.1. The Morgan fingerprint density at radius 1 is 0.367 bits per heavy atom. The van der Waals surface area contributed by atoms with Crippen LogP contribution in [0.15, 0.2) is 157 Å². The van der Waals surface area contributed by atoms with Crippen LogP contribution in [0.4, 0.5) is 11.4 Å². The maximum atomic E-state index is 2.43. The van der Waals surface area contributed by atoms with Gasteiger partial charge in [0.15, 0.2) is 0 Å². The van der Waals surface area contributed by atoms with Crippen LogP contribution in [-0.4, -0.2) is 0 Å². The monoisotopic (exact) mass is 778 g/mol. The lowest BCUT2D eigenvalue weighted by Crippen LogP contribution is -2.15. The molecule has 6 aromatic carbocycles. The highest BCUT2D eigenvalue weighted by molar-refractivity contribution is 5.89. The maximum Gasteiger partial charge on any atom is 0.0514 e. The van der Waals surface area contributed by atoms with Crippen molar-refractivity contribution in [1.82, 2.24) is 0 Å². The van der Waals surface area contributed by atoms with E-state index in [1.807, 2.05) is 0 Å². The number of hydrogen-bond donors (Lipinski definition) is 0. The molecule has 0 unspecified atom stereocenters. The second-order valence-corrected chi connectivity index (χ2v) is 18.6. The fraction of sp³-hybridized carbons (Fsp3) is 0.207. The molecule has 0 spiro atoms. The van der Waals surface area contributed by atoms with E-state index in [0.717, 1.165) is 0 Å². The molecule has 0 fully saturated rings. The summed E-state index contributed by atoms with van der Waals surface area (Å²) in [4.78, 5) is 4.59. The van der Waals surface area contributed by atoms with Crippen LogP contribution in [0.3, 0.4) is 0 Å². The van der Waals surface area contributed by atoms with Crippen LogP contribution in [0.25, 0.3) is 44.5 Å². The van der Waals surface area contributed by atoms with Gasteiger partial charge in [0, 0.05) is 35.6 Å². The van der Waals surface area contributed by atoms with Crippen LogP contribution in [0.1, 0.15) is 83.3 Å². The molecule has 0 saturated heterocycles. The largest absolute Gasteiger partial charge is 0.323 e. The van der Waals surface area contributed by atoms with E-state index in [4.69, 9.17) is 0 Å². The first-order valence-corrected chi connectivity index (χ1v) is 21.5. The third kappa shape index (κ3) is 5.60. The maximum absolute atomic E-state index is 2.43. The highest BCUT2D eigenvalue weighted by Crippen LogP contribution is 2.52. The molecule has 0 aromatic heterocycles. The lowest BCUT2D eigenvalue weighted by molar-refractivity contribution is 0.660. The fourth-order valence-electron chi connectivity index (χ4n) is 11.3. The van der Waals surface area contributed by atoms with Crippen molar-refractivity contribution in [2.45, 2.75) is 80.1 Å². The summed E-state index contributed by atoms with van der Waals surface area (Å²) in [6.07, 6.45) is 17.9. The predicted octanol–water partition coefficient (Wildman–Crippen LogP) is 15.2. The Kier molecular flexibility index (Phi) is 8.57.